The number of hydrogen-bond acceptors (Lipinski definition) is 6. The summed E-state index contributed by atoms with van der Waals surface area (Å²) in [4.78, 5) is 4.06. The predicted octanol–water partition coefficient (Wildman–Crippen LogP) is 4.75. The average Bonchev–Trinajstić information content (AvgIpc) is 3.00. The first-order valence-corrected chi connectivity index (χ1v) is 11.6. The van der Waals surface area contributed by atoms with Gasteiger partial charge in [-0.1, -0.05) is 34.9 Å². The summed E-state index contributed by atoms with van der Waals surface area (Å²) in [6.45, 7) is 8.44. The normalized spacial score (nSPS) is 14.3. The largest absolute Gasteiger partial charge is 0.507 e. The van der Waals surface area contributed by atoms with Crippen molar-refractivity contribution in [2.75, 3.05) is 0 Å². The van der Waals surface area contributed by atoms with Crippen molar-refractivity contribution in [1.82, 2.24) is 0 Å². The molecular weight excluding hydrogens is 416 g/mol. The number of aliphatic imine (C=N–C) groups is 1. The second-order valence-electron chi connectivity index (χ2n) is 8.11. The Balaban J connectivity index is 2.12. The van der Waals surface area contributed by atoms with E-state index in [1.807, 2.05) is 13.0 Å². The van der Waals surface area contributed by atoms with E-state index < -0.39 is 10.4 Å². The van der Waals surface area contributed by atoms with Crippen molar-refractivity contribution in [2.45, 2.75) is 66.3 Å². The molecule has 0 saturated heterocycles. The first kappa shape index (κ1) is 24.7. The molecule has 0 saturated carbocycles. The van der Waals surface area contributed by atoms with Crippen LogP contribution in [-0.4, -0.2) is 23.9 Å². The van der Waals surface area contributed by atoms with Crippen LogP contribution in [0.4, 0.5) is 0 Å². The molecule has 1 aliphatic rings. The van der Waals surface area contributed by atoms with Crippen LogP contribution in [0.25, 0.3) is 0 Å². The van der Waals surface area contributed by atoms with Gasteiger partial charge in [-0.3, -0.25) is 9.55 Å². The van der Waals surface area contributed by atoms with E-state index in [4.69, 9.17) is 9.92 Å². The van der Waals surface area contributed by atoms with Crippen molar-refractivity contribution in [3.8, 4) is 11.5 Å². The summed E-state index contributed by atoms with van der Waals surface area (Å²) in [6.07, 6.45) is 10.5. The Bertz CT molecular complexity index is 1050. The number of aromatic hydroxyl groups is 1. The molecule has 2 rings (SSSR count). The van der Waals surface area contributed by atoms with Crippen molar-refractivity contribution >= 4 is 16.2 Å². The maximum absolute atomic E-state index is 11.4. The molecule has 7 nitrogen and oxygen atoms in total. The lowest BCUT2D eigenvalue weighted by Gasteiger charge is -2.14. The fourth-order valence-electron chi connectivity index (χ4n) is 3.38. The third-order valence-electron chi connectivity index (χ3n) is 5.11. The average molecular weight is 449 g/mol. The number of fused-ring (bicyclic) bond motifs is 1. The van der Waals surface area contributed by atoms with Gasteiger partial charge in [-0.25, -0.2) is 0 Å². The number of rotatable bonds is 10. The molecule has 0 aliphatic carbocycles. The Hall–Kier alpha value is -2.58. The van der Waals surface area contributed by atoms with Crippen LogP contribution >= 0.6 is 0 Å². The number of hydrogen-bond donors (Lipinski definition) is 3. The Morgan fingerprint density at radius 1 is 1.13 bits per heavy atom. The molecule has 1 aliphatic heterocycles. The van der Waals surface area contributed by atoms with Gasteiger partial charge in [-0.05, 0) is 65.9 Å². The molecule has 0 fully saturated rings. The second-order valence-corrected chi connectivity index (χ2v) is 9.13. The highest BCUT2D eigenvalue weighted by atomic mass is 32.3. The number of benzene rings is 1. The minimum absolute atomic E-state index is 0.110. The number of amidine groups is 1. The van der Waals surface area contributed by atoms with Gasteiger partial charge in [0, 0.05) is 16.7 Å². The molecule has 0 aromatic heterocycles. The minimum Gasteiger partial charge on any atom is -0.507 e. The van der Waals surface area contributed by atoms with Gasteiger partial charge >= 0.3 is 10.4 Å². The molecule has 1 heterocycles. The van der Waals surface area contributed by atoms with Crippen LogP contribution in [0.3, 0.4) is 0 Å². The lowest BCUT2D eigenvalue weighted by Crippen LogP contribution is -2.14. The lowest BCUT2D eigenvalue weighted by molar-refractivity contribution is 0.381. The molecule has 31 heavy (non-hydrogen) atoms. The Labute approximate surface area is 185 Å². The summed E-state index contributed by atoms with van der Waals surface area (Å²) in [6, 6.07) is 1.45. The number of phenols is 1. The first-order valence-electron chi connectivity index (χ1n) is 10.3. The van der Waals surface area contributed by atoms with E-state index in [0.29, 0.717) is 11.1 Å². The van der Waals surface area contributed by atoms with Crippen molar-refractivity contribution < 1.29 is 22.3 Å². The van der Waals surface area contributed by atoms with Crippen LogP contribution in [0, 0.1) is 0 Å². The number of nitrogens with zero attached hydrogens (tertiary/aromatic N) is 1. The van der Waals surface area contributed by atoms with Crippen LogP contribution in [0.15, 0.2) is 46.0 Å². The number of phenolic OH excluding ortho intramolecular Hbond substituents is 1. The van der Waals surface area contributed by atoms with Gasteiger partial charge in [-0.15, -0.1) is 0 Å². The first-order chi connectivity index (χ1) is 14.5. The summed E-state index contributed by atoms with van der Waals surface area (Å²) in [7, 11) is -4.77. The third kappa shape index (κ3) is 7.56. The van der Waals surface area contributed by atoms with E-state index in [0.717, 1.165) is 31.3 Å². The van der Waals surface area contributed by atoms with E-state index in [1.165, 1.54) is 17.2 Å². The maximum atomic E-state index is 11.4. The van der Waals surface area contributed by atoms with Gasteiger partial charge in [0.25, 0.3) is 0 Å². The van der Waals surface area contributed by atoms with Crippen LogP contribution < -0.4 is 9.92 Å². The van der Waals surface area contributed by atoms with Crippen LogP contribution in [-0.2, 0) is 23.4 Å². The van der Waals surface area contributed by atoms with E-state index >= 15 is 0 Å². The molecule has 0 bridgehead atoms. The van der Waals surface area contributed by atoms with Crippen molar-refractivity contribution in [2.24, 2.45) is 10.7 Å². The smallest absolute Gasteiger partial charge is 0.446 e. The molecule has 1 aromatic rings. The molecule has 0 atom stereocenters. The highest BCUT2D eigenvalue weighted by Gasteiger charge is 2.26. The van der Waals surface area contributed by atoms with Crippen molar-refractivity contribution in [3.05, 3.63) is 57.7 Å². The number of allylic oxidation sites excluding steroid dienone is 6. The van der Waals surface area contributed by atoms with Gasteiger partial charge in [-0.2, -0.15) is 8.42 Å². The molecule has 0 unspecified atom stereocenters. The zero-order chi connectivity index (χ0) is 23.2. The summed E-state index contributed by atoms with van der Waals surface area (Å²) in [5.41, 5.74) is 10.7. The maximum Gasteiger partial charge on any atom is 0.446 e. The van der Waals surface area contributed by atoms with Gasteiger partial charge in [0.2, 0.25) is 0 Å². The lowest BCUT2D eigenvalue weighted by atomic mass is 9.98. The van der Waals surface area contributed by atoms with E-state index in [2.05, 4.69) is 37.9 Å². The zero-order valence-electron chi connectivity index (χ0n) is 18.6. The fourth-order valence-corrected chi connectivity index (χ4v) is 3.80. The van der Waals surface area contributed by atoms with Crippen LogP contribution in [0.2, 0.25) is 0 Å². The summed E-state index contributed by atoms with van der Waals surface area (Å²) >= 11 is 0. The molecule has 1 aromatic carbocycles. The standard InChI is InChI=1S/C23H32N2O5S/c1-15(2)7-5-8-16(3)9-6-10-17(4)11-12-18-21(26)13-19-20(14-25-23(19)24)22(18)30-31(27,28)29/h7,9,11,13,26H,5-6,8,10,12,14H2,1-4H3,(H2,24,25)(H,27,28,29). The van der Waals surface area contributed by atoms with Crippen molar-refractivity contribution in [1.29, 1.82) is 0 Å². The molecule has 4 N–H and O–H groups in total. The van der Waals surface area contributed by atoms with Gasteiger partial charge in [0.1, 0.15) is 11.6 Å². The molecular formula is C23H32N2O5S. The molecule has 0 radical (unpaired) electrons. The molecule has 170 valence electrons. The topological polar surface area (TPSA) is 122 Å². The molecule has 0 spiro atoms. The molecule has 8 heteroatoms. The Morgan fingerprint density at radius 2 is 1.74 bits per heavy atom. The van der Waals surface area contributed by atoms with Crippen LogP contribution in [0.5, 0.6) is 11.5 Å². The molecule has 0 amide bonds. The van der Waals surface area contributed by atoms with Gasteiger partial charge in [0.15, 0.2) is 5.75 Å². The predicted molar refractivity (Wildman–Crippen MR) is 124 cm³/mol. The SMILES string of the molecule is CC(C)=CCCC(C)=CCCC(C)=CCc1c(O)cc2c(c1OS(=O)(=O)O)CN=C2N. The van der Waals surface area contributed by atoms with Gasteiger partial charge in [0.05, 0.1) is 6.54 Å². The highest BCUT2D eigenvalue weighted by molar-refractivity contribution is 7.81. The highest BCUT2D eigenvalue weighted by Crippen LogP contribution is 2.38. The van der Waals surface area contributed by atoms with Crippen LogP contribution in [0.1, 0.15) is 70.1 Å². The van der Waals surface area contributed by atoms with Gasteiger partial charge < -0.3 is 15.0 Å². The fraction of sp³-hybridized carbons (Fsp3) is 0.435. The second kappa shape index (κ2) is 10.6. The Morgan fingerprint density at radius 3 is 2.35 bits per heavy atom. The zero-order valence-corrected chi connectivity index (χ0v) is 19.4. The van der Waals surface area contributed by atoms with E-state index in [-0.39, 0.29) is 35.9 Å². The van der Waals surface area contributed by atoms with E-state index in [1.54, 1.807) is 0 Å². The monoisotopic (exact) mass is 448 g/mol. The van der Waals surface area contributed by atoms with E-state index in [9.17, 15) is 18.1 Å². The summed E-state index contributed by atoms with van der Waals surface area (Å²) < 4.78 is 36.7. The number of nitrogens with two attached hydrogens (primary N) is 1. The minimum atomic E-state index is -4.77. The Kier molecular flexibility index (Phi) is 8.47. The quantitative estimate of drug-likeness (QED) is 0.350. The third-order valence-corrected chi connectivity index (χ3v) is 5.49. The van der Waals surface area contributed by atoms with Crippen molar-refractivity contribution in [3.63, 3.8) is 0 Å². The summed E-state index contributed by atoms with van der Waals surface area (Å²) in [5, 5.41) is 10.4. The summed E-state index contributed by atoms with van der Waals surface area (Å²) in [5.74, 6) is -0.0761.